The van der Waals surface area contributed by atoms with Crippen molar-refractivity contribution in [1.29, 1.82) is 0 Å². The number of fused-ring (bicyclic) bond motifs is 1. The lowest BCUT2D eigenvalue weighted by molar-refractivity contribution is -0.129. The first-order chi connectivity index (χ1) is 17.3. The number of nitrogens with two attached hydrogens (primary N) is 1. The van der Waals surface area contributed by atoms with Crippen molar-refractivity contribution in [3.63, 3.8) is 0 Å². The first-order valence-electron chi connectivity index (χ1n) is 11.1. The molecule has 3 aromatic rings. The fourth-order valence-corrected chi connectivity index (χ4v) is 6.22. The summed E-state index contributed by atoms with van der Waals surface area (Å²) in [6, 6.07) is 13.4. The molecule has 1 aromatic heterocycles. The van der Waals surface area contributed by atoms with Crippen LogP contribution in [0.2, 0.25) is 5.02 Å². The van der Waals surface area contributed by atoms with Crippen molar-refractivity contribution < 1.29 is 22.7 Å². The number of piperazine rings is 1. The summed E-state index contributed by atoms with van der Waals surface area (Å²) in [6.07, 6.45) is -0.530. The first-order valence-corrected chi connectivity index (χ1v) is 13.9. The van der Waals surface area contributed by atoms with Crippen LogP contribution in [0.15, 0.2) is 58.6 Å². The average molecular weight is 551 g/mol. The largest absolute Gasteiger partial charge is 0.485 e. The van der Waals surface area contributed by atoms with E-state index in [0.29, 0.717) is 40.6 Å². The molecule has 190 valence electrons. The fourth-order valence-electron chi connectivity index (χ4n) is 3.90. The van der Waals surface area contributed by atoms with Crippen molar-refractivity contribution in [1.82, 2.24) is 24.1 Å². The van der Waals surface area contributed by atoms with Crippen LogP contribution < -0.4 is 15.3 Å². The number of nitrogen functional groups attached to an aromatic ring is 1. The van der Waals surface area contributed by atoms with Crippen LogP contribution >= 0.6 is 23.4 Å². The number of sulfonamides is 1. The van der Waals surface area contributed by atoms with Gasteiger partial charge in [0.2, 0.25) is 21.1 Å². The van der Waals surface area contributed by atoms with Gasteiger partial charge in [0.15, 0.2) is 23.4 Å². The second kappa shape index (κ2) is 10.2. The number of carbonyl (C=O) groups is 1. The molecule has 36 heavy (non-hydrogen) atoms. The Hall–Kier alpha value is -3.00. The number of para-hydroxylation sites is 2. The molecule has 2 N–H and O–H groups in total. The van der Waals surface area contributed by atoms with Crippen LogP contribution in [0, 0.1) is 0 Å². The van der Waals surface area contributed by atoms with Crippen molar-refractivity contribution in [2.75, 3.05) is 44.4 Å². The summed E-state index contributed by atoms with van der Waals surface area (Å²) >= 11 is 7.02. The normalized spacial score (nSPS) is 18.2. The Balaban J connectivity index is 1.15. The van der Waals surface area contributed by atoms with E-state index in [1.165, 1.54) is 21.1 Å². The third-order valence-electron chi connectivity index (χ3n) is 5.85. The SMILES string of the molecule is Nn1c(SCC(=O)N2CCN(S(=O)(=O)c3ccc(Cl)cc3)CC2)nnc1[C@@H]1COc2ccccc2O1. The van der Waals surface area contributed by atoms with Gasteiger partial charge in [-0.25, -0.2) is 13.1 Å². The number of rotatable bonds is 6. The summed E-state index contributed by atoms with van der Waals surface area (Å²) < 4.78 is 40.0. The van der Waals surface area contributed by atoms with E-state index < -0.39 is 16.1 Å². The zero-order valence-electron chi connectivity index (χ0n) is 19.0. The Kier molecular flexibility index (Phi) is 6.97. The monoisotopic (exact) mass is 550 g/mol. The molecule has 2 aromatic carbocycles. The summed E-state index contributed by atoms with van der Waals surface area (Å²) in [5.74, 6) is 7.76. The summed E-state index contributed by atoms with van der Waals surface area (Å²) in [5.41, 5.74) is 0. The van der Waals surface area contributed by atoms with Gasteiger partial charge < -0.3 is 20.2 Å². The van der Waals surface area contributed by atoms with Crippen molar-refractivity contribution in [2.45, 2.75) is 16.2 Å². The third kappa shape index (κ3) is 4.96. The van der Waals surface area contributed by atoms with Gasteiger partial charge >= 0.3 is 0 Å². The molecule has 1 saturated heterocycles. The zero-order chi connectivity index (χ0) is 25.3. The molecule has 14 heteroatoms. The zero-order valence-corrected chi connectivity index (χ0v) is 21.4. The van der Waals surface area contributed by atoms with E-state index >= 15 is 0 Å². The number of halogens is 1. The Morgan fingerprint density at radius 3 is 2.47 bits per heavy atom. The molecule has 1 amide bonds. The minimum atomic E-state index is -3.64. The topological polar surface area (TPSA) is 133 Å². The van der Waals surface area contributed by atoms with Crippen LogP contribution in [0.1, 0.15) is 11.9 Å². The lowest BCUT2D eigenvalue weighted by atomic mass is 10.2. The number of hydrogen-bond acceptors (Lipinski definition) is 9. The number of aromatic nitrogens is 3. The quantitative estimate of drug-likeness (QED) is 0.360. The van der Waals surface area contributed by atoms with Gasteiger partial charge in [-0.2, -0.15) is 4.31 Å². The summed E-state index contributed by atoms with van der Waals surface area (Å²) in [6.45, 7) is 1.23. The van der Waals surface area contributed by atoms with Gasteiger partial charge in [-0.3, -0.25) is 4.79 Å². The maximum atomic E-state index is 12.8. The first kappa shape index (κ1) is 24.7. The highest BCUT2D eigenvalue weighted by molar-refractivity contribution is 7.99. The van der Waals surface area contributed by atoms with Crippen LogP contribution in [0.25, 0.3) is 0 Å². The van der Waals surface area contributed by atoms with Crippen LogP contribution in [0.3, 0.4) is 0 Å². The molecule has 0 saturated carbocycles. The summed E-state index contributed by atoms with van der Waals surface area (Å²) in [4.78, 5) is 14.6. The van der Waals surface area contributed by atoms with E-state index in [1.54, 1.807) is 23.1 Å². The molecule has 2 aliphatic heterocycles. The van der Waals surface area contributed by atoms with E-state index in [1.807, 2.05) is 18.2 Å². The van der Waals surface area contributed by atoms with Crippen LogP contribution in [0.4, 0.5) is 0 Å². The number of carbonyl (C=O) groups excluding carboxylic acids is 1. The predicted octanol–water partition coefficient (Wildman–Crippen LogP) is 1.78. The molecule has 0 spiro atoms. The van der Waals surface area contributed by atoms with Gasteiger partial charge in [-0.05, 0) is 36.4 Å². The standard InChI is InChI=1S/C22H23ClN6O5S2/c23-15-5-7-16(8-6-15)36(31,32)28-11-9-27(10-12-28)20(30)14-35-22-26-25-21(29(22)24)19-13-33-17-3-1-2-4-18(17)34-19/h1-8,19H,9-14,24H2/t19-/m0/s1. The molecule has 11 nitrogen and oxygen atoms in total. The molecule has 1 atom stereocenters. The molecule has 0 aliphatic carbocycles. The minimum Gasteiger partial charge on any atom is -0.485 e. The third-order valence-corrected chi connectivity index (χ3v) is 8.95. The molecule has 0 radical (unpaired) electrons. The van der Waals surface area contributed by atoms with Gasteiger partial charge in [0.25, 0.3) is 0 Å². The molecule has 3 heterocycles. The molecule has 0 unspecified atom stereocenters. The molecule has 5 rings (SSSR count). The molecular formula is C22H23ClN6O5S2. The second-order valence-corrected chi connectivity index (χ2v) is 11.4. The molecule has 1 fully saturated rings. The van der Waals surface area contributed by atoms with Gasteiger partial charge in [0.05, 0.1) is 10.6 Å². The molecular weight excluding hydrogens is 528 g/mol. The van der Waals surface area contributed by atoms with Gasteiger partial charge in [-0.1, -0.05) is 35.5 Å². The van der Waals surface area contributed by atoms with Crippen molar-refractivity contribution in [3.8, 4) is 11.5 Å². The lowest BCUT2D eigenvalue weighted by Gasteiger charge is -2.34. The van der Waals surface area contributed by atoms with Gasteiger partial charge in [-0.15, -0.1) is 10.2 Å². The van der Waals surface area contributed by atoms with E-state index in [-0.39, 0.29) is 36.3 Å². The minimum absolute atomic E-state index is 0.0874. The second-order valence-electron chi connectivity index (χ2n) is 8.10. The summed E-state index contributed by atoms with van der Waals surface area (Å²) in [5, 5.41) is 9.06. The average Bonchev–Trinajstić information content (AvgIpc) is 3.27. The highest BCUT2D eigenvalue weighted by atomic mass is 35.5. The smallest absolute Gasteiger partial charge is 0.243 e. The fraction of sp³-hybridized carbons (Fsp3) is 0.318. The number of thioether (sulfide) groups is 1. The summed E-state index contributed by atoms with van der Waals surface area (Å²) in [7, 11) is -3.64. The number of hydrogen-bond donors (Lipinski definition) is 1. The van der Waals surface area contributed by atoms with E-state index in [9.17, 15) is 13.2 Å². The van der Waals surface area contributed by atoms with Crippen molar-refractivity contribution >= 4 is 39.3 Å². The Morgan fingerprint density at radius 1 is 1.06 bits per heavy atom. The lowest BCUT2D eigenvalue weighted by Crippen LogP contribution is -2.51. The predicted molar refractivity (Wildman–Crippen MR) is 133 cm³/mol. The van der Waals surface area contributed by atoms with E-state index in [4.69, 9.17) is 26.9 Å². The highest BCUT2D eigenvalue weighted by Gasteiger charge is 2.31. The number of benzene rings is 2. The number of ether oxygens (including phenoxy) is 2. The Morgan fingerprint density at radius 2 is 1.75 bits per heavy atom. The van der Waals surface area contributed by atoms with Crippen molar-refractivity contribution in [2.24, 2.45) is 0 Å². The number of amides is 1. The number of nitrogens with zero attached hydrogens (tertiary/aromatic N) is 5. The van der Waals surface area contributed by atoms with Crippen LogP contribution in [-0.2, 0) is 14.8 Å². The molecule has 0 bridgehead atoms. The maximum Gasteiger partial charge on any atom is 0.243 e. The van der Waals surface area contributed by atoms with Crippen LogP contribution in [-0.4, -0.2) is 76.9 Å². The Labute approximate surface area is 217 Å². The van der Waals surface area contributed by atoms with Crippen molar-refractivity contribution in [3.05, 3.63) is 59.4 Å². The van der Waals surface area contributed by atoms with Gasteiger partial charge in [0, 0.05) is 31.2 Å². The van der Waals surface area contributed by atoms with Crippen LogP contribution in [0.5, 0.6) is 11.5 Å². The van der Waals surface area contributed by atoms with Gasteiger partial charge in [0.1, 0.15) is 6.61 Å². The molecule has 2 aliphatic rings. The maximum absolute atomic E-state index is 12.8. The highest BCUT2D eigenvalue weighted by Crippen LogP contribution is 2.35. The van der Waals surface area contributed by atoms with E-state index in [2.05, 4.69) is 10.2 Å². The van der Waals surface area contributed by atoms with E-state index in [0.717, 1.165) is 11.8 Å². The Bertz CT molecular complexity index is 1360.